The van der Waals surface area contributed by atoms with Crippen LogP contribution in [0, 0.1) is 11.7 Å². The summed E-state index contributed by atoms with van der Waals surface area (Å²) in [4.78, 5) is 17.2. The Morgan fingerprint density at radius 1 is 1.05 bits per heavy atom. The number of anilines is 1. The first-order valence-electron chi connectivity index (χ1n) is 12.3. The lowest BCUT2D eigenvalue weighted by molar-refractivity contribution is -0.153. The number of halogens is 4. The lowest BCUT2D eigenvalue weighted by atomic mass is 10.1. The van der Waals surface area contributed by atoms with E-state index in [2.05, 4.69) is 15.4 Å². The van der Waals surface area contributed by atoms with Crippen LogP contribution in [-0.4, -0.2) is 60.9 Å². The van der Waals surface area contributed by atoms with E-state index in [9.17, 15) is 18.0 Å². The van der Waals surface area contributed by atoms with Crippen molar-refractivity contribution in [1.82, 2.24) is 14.8 Å². The fourth-order valence-corrected chi connectivity index (χ4v) is 4.08. The summed E-state index contributed by atoms with van der Waals surface area (Å²) < 4.78 is 81.0. The largest absolute Gasteiger partial charge is 0.493 e. The molecule has 1 aliphatic heterocycles. The molecule has 10 nitrogen and oxygen atoms in total. The molecule has 1 aliphatic rings. The van der Waals surface area contributed by atoms with Crippen LogP contribution in [0.4, 0.5) is 23.2 Å². The van der Waals surface area contributed by atoms with Gasteiger partial charge >= 0.3 is 6.18 Å². The van der Waals surface area contributed by atoms with Crippen LogP contribution < -0.4 is 24.3 Å². The molecule has 0 saturated carbocycles. The van der Waals surface area contributed by atoms with Gasteiger partial charge < -0.3 is 29.0 Å². The van der Waals surface area contributed by atoms with Crippen molar-refractivity contribution in [2.45, 2.75) is 12.7 Å². The molecule has 0 spiro atoms. The number of hydrogen-bond donors (Lipinski definition) is 1. The number of fused-ring (bicyclic) bond motifs is 1. The number of aromatic nitrogens is 3. The minimum absolute atomic E-state index is 0.0227. The van der Waals surface area contributed by atoms with E-state index in [1.807, 2.05) is 0 Å². The van der Waals surface area contributed by atoms with Gasteiger partial charge in [0.1, 0.15) is 5.75 Å². The van der Waals surface area contributed by atoms with Crippen LogP contribution in [0.15, 0.2) is 48.8 Å². The van der Waals surface area contributed by atoms with E-state index in [0.29, 0.717) is 47.9 Å². The van der Waals surface area contributed by atoms with Crippen LogP contribution in [-0.2, 0) is 11.3 Å². The van der Waals surface area contributed by atoms with Crippen molar-refractivity contribution in [2.75, 3.05) is 39.4 Å². The third-order valence-corrected chi connectivity index (χ3v) is 6.10. The van der Waals surface area contributed by atoms with E-state index in [1.54, 1.807) is 18.2 Å². The smallest absolute Gasteiger partial charge is 0.422 e. The van der Waals surface area contributed by atoms with Gasteiger partial charge in [-0.1, -0.05) is 0 Å². The van der Waals surface area contributed by atoms with Gasteiger partial charge in [0.15, 0.2) is 41.1 Å². The minimum Gasteiger partial charge on any atom is -0.493 e. The van der Waals surface area contributed by atoms with Crippen LogP contribution >= 0.6 is 0 Å². The van der Waals surface area contributed by atoms with E-state index in [-0.39, 0.29) is 28.8 Å². The van der Waals surface area contributed by atoms with Gasteiger partial charge in [-0.05, 0) is 24.3 Å². The molecule has 14 heteroatoms. The first-order chi connectivity index (χ1) is 19.6. The molecule has 1 saturated heterocycles. The van der Waals surface area contributed by atoms with Crippen LogP contribution in [0.25, 0.3) is 10.9 Å². The highest BCUT2D eigenvalue weighted by Crippen LogP contribution is 2.37. The number of methoxy groups -OCH3 is 2. The zero-order valence-electron chi connectivity index (χ0n) is 21.8. The number of carbonyl (C=O) groups excluding carboxylic acids is 1. The quantitative estimate of drug-likeness (QED) is 0.256. The number of benzene rings is 2. The molecule has 5 rings (SSSR count). The second kappa shape index (κ2) is 11.5. The molecular formula is C27H24F4N4O6. The van der Waals surface area contributed by atoms with Crippen LogP contribution in [0.1, 0.15) is 10.5 Å². The number of nitrogens with zero attached hydrogens (tertiary/aromatic N) is 3. The SMILES string of the molecule is COc1cc2nccc(Oc3ccc(NC(=O)c4nn(CC5COC5)cc4OCC(F)(F)F)cc3F)c2cc1OC. The number of alkyl halides is 3. The molecule has 4 aromatic rings. The van der Waals surface area contributed by atoms with E-state index in [4.69, 9.17) is 23.7 Å². The van der Waals surface area contributed by atoms with Gasteiger partial charge in [-0.3, -0.25) is 14.5 Å². The highest BCUT2D eigenvalue weighted by atomic mass is 19.4. The number of nitrogens with one attached hydrogen (secondary N) is 1. The third kappa shape index (κ3) is 6.43. The summed E-state index contributed by atoms with van der Waals surface area (Å²) in [6.07, 6.45) is -1.90. The van der Waals surface area contributed by atoms with Gasteiger partial charge in [0.25, 0.3) is 5.91 Å². The summed E-state index contributed by atoms with van der Waals surface area (Å²) in [6.45, 7) is -0.317. The summed E-state index contributed by atoms with van der Waals surface area (Å²) >= 11 is 0. The van der Waals surface area contributed by atoms with Gasteiger partial charge in [-0.15, -0.1) is 0 Å². The average Bonchev–Trinajstić information content (AvgIpc) is 3.33. The summed E-state index contributed by atoms with van der Waals surface area (Å²) in [5.74, 6) is -0.881. The van der Waals surface area contributed by atoms with Crippen molar-refractivity contribution in [1.29, 1.82) is 0 Å². The predicted octanol–water partition coefficient (Wildman–Crippen LogP) is 5.22. The standard InChI is InChI=1S/C27H24F4N4O6/c1-37-22-8-17-19(9-23(22)38-2)32-6-5-20(17)41-21-4-3-16(7-18(21)28)33-26(36)25-24(40-14-27(29,30)31)11-35(34-25)10-15-12-39-13-15/h3-9,11,15H,10,12-14H2,1-2H3,(H,33,36). The second-order valence-electron chi connectivity index (χ2n) is 9.11. The molecule has 1 amide bonds. The Morgan fingerprint density at radius 2 is 1.80 bits per heavy atom. The second-order valence-corrected chi connectivity index (χ2v) is 9.11. The van der Waals surface area contributed by atoms with Gasteiger partial charge in [0.2, 0.25) is 0 Å². The minimum atomic E-state index is -4.62. The number of carbonyl (C=O) groups is 1. The molecule has 0 unspecified atom stereocenters. The number of amides is 1. The van der Waals surface area contributed by atoms with E-state index >= 15 is 4.39 Å². The first-order valence-corrected chi connectivity index (χ1v) is 12.3. The molecule has 1 N–H and O–H groups in total. The summed E-state index contributed by atoms with van der Waals surface area (Å²) in [5.41, 5.74) is 0.176. The molecule has 0 radical (unpaired) electrons. The molecule has 2 aromatic carbocycles. The lowest BCUT2D eigenvalue weighted by Crippen LogP contribution is -2.31. The monoisotopic (exact) mass is 576 g/mol. The van der Waals surface area contributed by atoms with Crippen molar-refractivity contribution in [3.8, 4) is 28.7 Å². The highest BCUT2D eigenvalue weighted by Gasteiger charge is 2.31. The van der Waals surface area contributed by atoms with Crippen LogP contribution in [0.5, 0.6) is 28.7 Å². The fourth-order valence-electron chi connectivity index (χ4n) is 4.08. The lowest BCUT2D eigenvalue weighted by Gasteiger charge is -2.25. The number of pyridine rings is 1. The van der Waals surface area contributed by atoms with Crippen molar-refractivity contribution < 1.29 is 46.0 Å². The van der Waals surface area contributed by atoms with Gasteiger partial charge in [0, 0.05) is 41.9 Å². The van der Waals surface area contributed by atoms with E-state index in [0.717, 1.165) is 6.07 Å². The number of rotatable bonds is 10. The highest BCUT2D eigenvalue weighted by molar-refractivity contribution is 6.04. The maximum absolute atomic E-state index is 15.1. The van der Waals surface area contributed by atoms with E-state index < -0.39 is 24.5 Å². The van der Waals surface area contributed by atoms with Crippen molar-refractivity contribution in [3.63, 3.8) is 0 Å². The number of hydrogen-bond acceptors (Lipinski definition) is 8. The van der Waals surface area contributed by atoms with Gasteiger partial charge in [0.05, 0.1) is 39.1 Å². The summed E-state index contributed by atoms with van der Waals surface area (Å²) in [5, 5.41) is 7.08. The molecule has 0 atom stereocenters. The molecule has 216 valence electrons. The zero-order valence-corrected chi connectivity index (χ0v) is 21.8. The zero-order chi connectivity index (χ0) is 29.1. The van der Waals surface area contributed by atoms with Crippen molar-refractivity contribution in [3.05, 3.63) is 60.3 Å². The topological polar surface area (TPSA) is 106 Å². The number of ether oxygens (including phenoxy) is 5. The molecule has 3 heterocycles. The Labute approximate surface area is 230 Å². The van der Waals surface area contributed by atoms with E-state index in [1.165, 1.54) is 43.4 Å². The van der Waals surface area contributed by atoms with Crippen LogP contribution in [0.3, 0.4) is 0 Å². The molecule has 2 aromatic heterocycles. The van der Waals surface area contributed by atoms with Crippen molar-refractivity contribution >= 4 is 22.5 Å². The predicted molar refractivity (Wildman–Crippen MR) is 137 cm³/mol. The fraction of sp³-hybridized carbons (Fsp3) is 0.296. The van der Waals surface area contributed by atoms with Gasteiger partial charge in [-0.2, -0.15) is 18.3 Å². The maximum Gasteiger partial charge on any atom is 0.422 e. The maximum atomic E-state index is 15.1. The molecule has 1 fully saturated rings. The Balaban J connectivity index is 1.34. The van der Waals surface area contributed by atoms with Crippen LogP contribution in [0.2, 0.25) is 0 Å². The molecule has 41 heavy (non-hydrogen) atoms. The molecular weight excluding hydrogens is 552 g/mol. The Bertz CT molecular complexity index is 1570. The molecule has 0 aliphatic carbocycles. The van der Waals surface area contributed by atoms with Gasteiger partial charge in [-0.25, -0.2) is 4.39 Å². The summed E-state index contributed by atoms with van der Waals surface area (Å²) in [7, 11) is 2.97. The van der Waals surface area contributed by atoms with Crippen molar-refractivity contribution in [2.24, 2.45) is 5.92 Å². The Hall–Kier alpha value is -4.59. The average molecular weight is 577 g/mol. The Morgan fingerprint density at radius 3 is 2.46 bits per heavy atom. The normalized spacial score (nSPS) is 13.5. The Kier molecular flexibility index (Phi) is 7.83. The summed E-state index contributed by atoms with van der Waals surface area (Å²) in [6, 6.07) is 8.55. The third-order valence-electron chi connectivity index (χ3n) is 6.10. The first kappa shape index (κ1) is 28.0. The molecule has 0 bridgehead atoms.